The Morgan fingerprint density at radius 3 is 2.90 bits per heavy atom. The van der Waals surface area contributed by atoms with Crippen molar-refractivity contribution >= 4 is 23.0 Å². The molecule has 5 heteroatoms. The first-order valence-corrected chi connectivity index (χ1v) is 6.14. The highest BCUT2D eigenvalue weighted by atomic mass is 16.2. The van der Waals surface area contributed by atoms with Crippen LogP contribution < -0.4 is 5.43 Å². The standard InChI is InChI=1S/C15H12N4O/c20-15(19-18-10-11-4-7-16-8-5-11)13-3-1-2-12-6-9-17-14(12)13/h1-10,17H,(H,19,20)/b18-10+. The van der Waals surface area contributed by atoms with Crippen LogP contribution in [-0.4, -0.2) is 22.1 Å². The van der Waals surface area contributed by atoms with E-state index in [4.69, 9.17) is 0 Å². The minimum absolute atomic E-state index is 0.247. The fourth-order valence-corrected chi connectivity index (χ4v) is 1.95. The molecule has 1 amide bonds. The Bertz CT molecular complexity index is 762. The number of hydrogen-bond acceptors (Lipinski definition) is 3. The Balaban J connectivity index is 1.77. The number of H-pyrrole nitrogens is 1. The van der Waals surface area contributed by atoms with Gasteiger partial charge in [-0.05, 0) is 29.8 Å². The van der Waals surface area contributed by atoms with E-state index in [2.05, 4.69) is 20.5 Å². The smallest absolute Gasteiger partial charge is 0.273 e. The molecule has 1 aromatic carbocycles. The van der Waals surface area contributed by atoms with Crippen molar-refractivity contribution in [2.75, 3.05) is 0 Å². The van der Waals surface area contributed by atoms with Crippen molar-refractivity contribution in [1.29, 1.82) is 0 Å². The van der Waals surface area contributed by atoms with Gasteiger partial charge in [0.25, 0.3) is 5.91 Å². The Hall–Kier alpha value is -2.95. The van der Waals surface area contributed by atoms with Gasteiger partial charge in [-0.15, -0.1) is 0 Å². The highest BCUT2D eigenvalue weighted by Gasteiger charge is 2.09. The number of carbonyl (C=O) groups excluding carboxylic acids is 1. The molecular formula is C15H12N4O. The molecule has 0 aliphatic carbocycles. The molecule has 2 N–H and O–H groups in total. The van der Waals surface area contributed by atoms with E-state index in [0.29, 0.717) is 5.56 Å². The van der Waals surface area contributed by atoms with Crippen LogP contribution >= 0.6 is 0 Å². The highest BCUT2D eigenvalue weighted by molar-refractivity contribution is 6.05. The van der Waals surface area contributed by atoms with Crippen LogP contribution in [0.2, 0.25) is 0 Å². The van der Waals surface area contributed by atoms with Gasteiger partial charge in [0.2, 0.25) is 0 Å². The molecule has 5 nitrogen and oxygen atoms in total. The van der Waals surface area contributed by atoms with Crippen molar-refractivity contribution in [3.63, 3.8) is 0 Å². The van der Waals surface area contributed by atoms with Crippen LogP contribution in [0, 0.1) is 0 Å². The fraction of sp³-hybridized carbons (Fsp3) is 0. The van der Waals surface area contributed by atoms with E-state index in [1.165, 1.54) is 0 Å². The van der Waals surface area contributed by atoms with E-state index in [9.17, 15) is 4.79 Å². The summed E-state index contributed by atoms with van der Waals surface area (Å²) >= 11 is 0. The Morgan fingerprint density at radius 1 is 1.20 bits per heavy atom. The van der Waals surface area contributed by atoms with Crippen LogP contribution in [0.1, 0.15) is 15.9 Å². The number of amides is 1. The number of nitrogens with one attached hydrogen (secondary N) is 2. The van der Waals surface area contributed by atoms with Gasteiger partial charge in [-0.1, -0.05) is 12.1 Å². The number of para-hydroxylation sites is 1. The van der Waals surface area contributed by atoms with Crippen molar-refractivity contribution in [3.05, 3.63) is 66.1 Å². The maximum Gasteiger partial charge on any atom is 0.273 e. The molecule has 0 atom stereocenters. The summed E-state index contributed by atoms with van der Waals surface area (Å²) in [6, 6.07) is 11.1. The van der Waals surface area contributed by atoms with Gasteiger partial charge < -0.3 is 4.98 Å². The highest BCUT2D eigenvalue weighted by Crippen LogP contribution is 2.16. The summed E-state index contributed by atoms with van der Waals surface area (Å²) in [5.74, 6) is -0.247. The summed E-state index contributed by atoms with van der Waals surface area (Å²) in [4.78, 5) is 19.1. The predicted molar refractivity (Wildman–Crippen MR) is 77.6 cm³/mol. The van der Waals surface area contributed by atoms with Gasteiger partial charge in [-0.3, -0.25) is 9.78 Å². The summed E-state index contributed by atoms with van der Waals surface area (Å²) in [5.41, 5.74) is 4.77. The number of benzene rings is 1. The molecule has 0 unspecified atom stereocenters. The normalized spacial score (nSPS) is 11.0. The second-order valence-electron chi connectivity index (χ2n) is 4.23. The zero-order chi connectivity index (χ0) is 13.8. The van der Waals surface area contributed by atoms with Gasteiger partial charge in [0.15, 0.2) is 0 Å². The Kier molecular flexibility index (Phi) is 3.24. The van der Waals surface area contributed by atoms with Gasteiger partial charge in [-0.2, -0.15) is 5.10 Å². The molecule has 0 fully saturated rings. The third kappa shape index (κ3) is 2.42. The van der Waals surface area contributed by atoms with E-state index in [1.54, 1.807) is 36.8 Å². The Morgan fingerprint density at radius 2 is 2.05 bits per heavy atom. The maximum absolute atomic E-state index is 12.1. The topological polar surface area (TPSA) is 70.1 Å². The molecule has 3 rings (SSSR count). The monoisotopic (exact) mass is 264 g/mol. The van der Waals surface area contributed by atoms with Crippen molar-refractivity contribution in [3.8, 4) is 0 Å². The average Bonchev–Trinajstić information content (AvgIpc) is 2.96. The van der Waals surface area contributed by atoms with E-state index < -0.39 is 0 Å². The average molecular weight is 264 g/mol. The molecule has 20 heavy (non-hydrogen) atoms. The van der Waals surface area contributed by atoms with Crippen LogP contribution in [0.5, 0.6) is 0 Å². The second kappa shape index (κ2) is 5.36. The maximum atomic E-state index is 12.1. The second-order valence-corrected chi connectivity index (χ2v) is 4.23. The number of nitrogens with zero attached hydrogens (tertiary/aromatic N) is 2. The van der Waals surface area contributed by atoms with E-state index in [-0.39, 0.29) is 5.91 Å². The van der Waals surface area contributed by atoms with Crippen LogP contribution in [0.25, 0.3) is 10.9 Å². The van der Waals surface area contributed by atoms with Crippen molar-refractivity contribution < 1.29 is 4.79 Å². The number of aromatic nitrogens is 2. The summed E-state index contributed by atoms with van der Waals surface area (Å²) in [6.45, 7) is 0. The molecule has 0 aliphatic heterocycles. The van der Waals surface area contributed by atoms with Crippen molar-refractivity contribution in [1.82, 2.24) is 15.4 Å². The number of rotatable bonds is 3. The SMILES string of the molecule is O=C(N/N=C/c1ccncc1)c1cccc2cc[nH]c12. The fourth-order valence-electron chi connectivity index (χ4n) is 1.95. The van der Waals surface area contributed by atoms with Crippen LogP contribution in [-0.2, 0) is 0 Å². The molecule has 0 spiro atoms. The number of hydrogen-bond donors (Lipinski definition) is 2. The molecule has 3 aromatic rings. The lowest BCUT2D eigenvalue weighted by Crippen LogP contribution is -2.17. The van der Waals surface area contributed by atoms with Gasteiger partial charge in [0, 0.05) is 24.0 Å². The zero-order valence-corrected chi connectivity index (χ0v) is 10.6. The minimum Gasteiger partial charge on any atom is -0.361 e. The van der Waals surface area contributed by atoms with E-state index in [0.717, 1.165) is 16.5 Å². The molecular weight excluding hydrogens is 252 g/mol. The number of fused-ring (bicyclic) bond motifs is 1. The Labute approximate surface area is 115 Å². The number of carbonyl (C=O) groups is 1. The molecule has 98 valence electrons. The van der Waals surface area contributed by atoms with Gasteiger partial charge >= 0.3 is 0 Å². The minimum atomic E-state index is -0.247. The van der Waals surface area contributed by atoms with Gasteiger partial charge in [-0.25, -0.2) is 5.43 Å². The van der Waals surface area contributed by atoms with Gasteiger partial charge in [0.1, 0.15) is 0 Å². The summed E-state index contributed by atoms with van der Waals surface area (Å²) in [5, 5.41) is 4.94. The lowest BCUT2D eigenvalue weighted by Gasteiger charge is -2.01. The number of hydrazone groups is 1. The van der Waals surface area contributed by atoms with E-state index >= 15 is 0 Å². The summed E-state index contributed by atoms with van der Waals surface area (Å²) < 4.78 is 0. The molecule has 0 bridgehead atoms. The summed E-state index contributed by atoms with van der Waals surface area (Å²) in [6.07, 6.45) is 6.72. The predicted octanol–water partition coefficient (Wildman–Crippen LogP) is 2.33. The van der Waals surface area contributed by atoms with Crippen LogP contribution in [0.4, 0.5) is 0 Å². The van der Waals surface area contributed by atoms with E-state index in [1.807, 2.05) is 24.4 Å². The molecule has 0 radical (unpaired) electrons. The third-order valence-corrected chi connectivity index (χ3v) is 2.92. The van der Waals surface area contributed by atoms with Crippen LogP contribution in [0.15, 0.2) is 60.1 Å². The first-order valence-electron chi connectivity index (χ1n) is 6.14. The first kappa shape index (κ1) is 12.1. The zero-order valence-electron chi connectivity index (χ0n) is 10.6. The molecule has 2 heterocycles. The number of pyridine rings is 1. The molecule has 0 aliphatic rings. The molecule has 0 saturated carbocycles. The van der Waals surface area contributed by atoms with Crippen molar-refractivity contribution in [2.24, 2.45) is 5.10 Å². The largest absolute Gasteiger partial charge is 0.361 e. The lowest BCUT2D eigenvalue weighted by molar-refractivity contribution is 0.0956. The first-order chi connectivity index (χ1) is 9.84. The third-order valence-electron chi connectivity index (χ3n) is 2.92. The number of aromatic amines is 1. The van der Waals surface area contributed by atoms with Crippen molar-refractivity contribution in [2.45, 2.75) is 0 Å². The van der Waals surface area contributed by atoms with Gasteiger partial charge in [0.05, 0.1) is 17.3 Å². The molecule has 2 aromatic heterocycles. The quantitative estimate of drug-likeness (QED) is 0.563. The van der Waals surface area contributed by atoms with Crippen LogP contribution in [0.3, 0.4) is 0 Å². The summed E-state index contributed by atoms with van der Waals surface area (Å²) in [7, 11) is 0. The lowest BCUT2D eigenvalue weighted by atomic mass is 10.1. The molecule has 0 saturated heterocycles.